The van der Waals surface area contributed by atoms with Crippen molar-refractivity contribution in [3.8, 4) is 11.5 Å². The van der Waals surface area contributed by atoms with Crippen LogP contribution in [-0.4, -0.2) is 9.38 Å². The van der Waals surface area contributed by atoms with E-state index in [0.717, 1.165) is 16.9 Å². The second-order valence-corrected chi connectivity index (χ2v) is 4.11. The summed E-state index contributed by atoms with van der Waals surface area (Å²) in [6.45, 7) is 0.510. The Morgan fingerprint density at radius 1 is 1.24 bits per heavy atom. The van der Waals surface area contributed by atoms with Crippen molar-refractivity contribution in [3.63, 3.8) is 0 Å². The molecule has 0 spiro atoms. The van der Waals surface area contributed by atoms with Gasteiger partial charge in [0, 0.05) is 18.9 Å². The van der Waals surface area contributed by atoms with E-state index < -0.39 is 0 Å². The van der Waals surface area contributed by atoms with Crippen LogP contribution >= 0.6 is 11.6 Å². The summed E-state index contributed by atoms with van der Waals surface area (Å²) in [5.74, 6) is 0.660. The van der Waals surface area contributed by atoms with Gasteiger partial charge < -0.3 is 14.6 Å². The van der Waals surface area contributed by atoms with E-state index in [2.05, 4.69) is 4.98 Å². The lowest BCUT2D eigenvalue weighted by molar-refractivity contribution is 0.582. The molecule has 0 atom stereocenters. The predicted molar refractivity (Wildman–Crippen MR) is 65.8 cm³/mol. The Labute approximate surface area is 103 Å². The number of nitrogens with zero attached hydrogens (tertiary/aromatic N) is 2. The molecule has 3 aromatic rings. The van der Waals surface area contributed by atoms with Gasteiger partial charge in [-0.1, -0.05) is 6.07 Å². The quantitative estimate of drug-likeness (QED) is 0.758. The SMILES string of the molecule is NCc1ccc2nc(-c3ccc(Cl)o3)cn2c1. The van der Waals surface area contributed by atoms with Crippen molar-refractivity contribution in [3.05, 3.63) is 47.4 Å². The third kappa shape index (κ3) is 1.81. The molecule has 2 N–H and O–H groups in total. The number of halogens is 1. The number of imidazole rings is 1. The van der Waals surface area contributed by atoms with E-state index in [1.54, 1.807) is 12.1 Å². The van der Waals surface area contributed by atoms with Crippen molar-refractivity contribution in [2.75, 3.05) is 0 Å². The summed E-state index contributed by atoms with van der Waals surface area (Å²) >= 11 is 5.74. The number of rotatable bonds is 2. The number of hydrogen-bond acceptors (Lipinski definition) is 3. The molecule has 0 bridgehead atoms. The van der Waals surface area contributed by atoms with Crippen LogP contribution in [0.15, 0.2) is 41.1 Å². The Balaban J connectivity index is 2.13. The Kier molecular flexibility index (Phi) is 2.39. The van der Waals surface area contributed by atoms with Crippen molar-refractivity contribution in [1.29, 1.82) is 0 Å². The highest BCUT2D eigenvalue weighted by Crippen LogP contribution is 2.24. The van der Waals surface area contributed by atoms with Crippen LogP contribution in [0.4, 0.5) is 0 Å². The Morgan fingerprint density at radius 2 is 2.12 bits per heavy atom. The molecule has 4 nitrogen and oxygen atoms in total. The van der Waals surface area contributed by atoms with Gasteiger partial charge in [-0.2, -0.15) is 0 Å². The fraction of sp³-hybridized carbons (Fsp3) is 0.0833. The fourth-order valence-corrected chi connectivity index (χ4v) is 1.88. The summed E-state index contributed by atoms with van der Waals surface area (Å²) in [5.41, 5.74) is 8.25. The van der Waals surface area contributed by atoms with Gasteiger partial charge in [0.1, 0.15) is 11.3 Å². The molecule has 0 aliphatic rings. The zero-order valence-corrected chi connectivity index (χ0v) is 9.69. The van der Waals surface area contributed by atoms with Crippen LogP contribution in [0.5, 0.6) is 0 Å². The first-order chi connectivity index (χ1) is 8.26. The van der Waals surface area contributed by atoms with E-state index in [1.165, 1.54) is 0 Å². The fourth-order valence-electron chi connectivity index (χ4n) is 1.73. The van der Waals surface area contributed by atoms with E-state index in [4.69, 9.17) is 21.8 Å². The monoisotopic (exact) mass is 247 g/mol. The molecule has 3 aromatic heterocycles. The van der Waals surface area contributed by atoms with Crippen molar-refractivity contribution in [2.24, 2.45) is 5.73 Å². The molecule has 0 aliphatic carbocycles. The molecule has 86 valence electrons. The Morgan fingerprint density at radius 3 is 2.82 bits per heavy atom. The molecule has 0 amide bonds. The zero-order valence-electron chi connectivity index (χ0n) is 8.93. The van der Waals surface area contributed by atoms with Crippen LogP contribution in [0.2, 0.25) is 5.22 Å². The lowest BCUT2D eigenvalue weighted by Crippen LogP contribution is -1.97. The maximum Gasteiger partial charge on any atom is 0.194 e. The van der Waals surface area contributed by atoms with E-state index in [9.17, 15) is 0 Å². The number of aromatic nitrogens is 2. The van der Waals surface area contributed by atoms with E-state index in [1.807, 2.05) is 28.9 Å². The van der Waals surface area contributed by atoms with Crippen molar-refractivity contribution in [1.82, 2.24) is 9.38 Å². The molecular formula is C12H10ClN3O. The van der Waals surface area contributed by atoms with Gasteiger partial charge >= 0.3 is 0 Å². The highest BCUT2D eigenvalue weighted by Gasteiger charge is 2.08. The Bertz CT molecular complexity index is 671. The molecule has 0 aliphatic heterocycles. The maximum atomic E-state index is 5.74. The van der Waals surface area contributed by atoms with Gasteiger partial charge in [0.2, 0.25) is 0 Å². The standard InChI is InChI=1S/C12H10ClN3O/c13-11-3-2-10(17-11)9-7-16-6-8(5-14)1-4-12(16)15-9/h1-4,6-7H,5,14H2. The summed E-state index contributed by atoms with van der Waals surface area (Å²) in [5, 5.41) is 0.361. The number of nitrogens with two attached hydrogens (primary N) is 1. The summed E-state index contributed by atoms with van der Waals surface area (Å²) in [6.07, 6.45) is 3.85. The number of pyridine rings is 1. The van der Waals surface area contributed by atoms with Gasteiger partial charge in [-0.25, -0.2) is 4.98 Å². The van der Waals surface area contributed by atoms with Gasteiger partial charge in [-0.15, -0.1) is 0 Å². The van der Waals surface area contributed by atoms with Gasteiger partial charge in [-0.3, -0.25) is 0 Å². The highest BCUT2D eigenvalue weighted by molar-refractivity contribution is 6.28. The minimum absolute atomic E-state index is 0.361. The zero-order chi connectivity index (χ0) is 11.8. The third-order valence-corrected chi connectivity index (χ3v) is 2.78. The van der Waals surface area contributed by atoms with Crippen LogP contribution in [0.1, 0.15) is 5.56 Å². The average Bonchev–Trinajstić information content (AvgIpc) is 2.93. The second kappa shape index (κ2) is 3.91. The molecule has 0 fully saturated rings. The van der Waals surface area contributed by atoms with Crippen molar-refractivity contribution >= 4 is 17.2 Å². The van der Waals surface area contributed by atoms with Crippen LogP contribution < -0.4 is 5.73 Å². The number of furan rings is 1. The first-order valence-electron chi connectivity index (χ1n) is 5.19. The molecule has 0 saturated carbocycles. The molecule has 3 rings (SSSR count). The molecule has 0 unspecified atom stereocenters. The summed E-state index contributed by atoms with van der Waals surface area (Å²) in [4.78, 5) is 4.44. The smallest absolute Gasteiger partial charge is 0.194 e. The predicted octanol–water partition coefficient (Wildman–Crippen LogP) is 2.71. The third-order valence-electron chi connectivity index (χ3n) is 2.57. The summed E-state index contributed by atoms with van der Waals surface area (Å²) < 4.78 is 7.25. The van der Waals surface area contributed by atoms with Crippen molar-refractivity contribution < 1.29 is 4.42 Å². The summed E-state index contributed by atoms with van der Waals surface area (Å²) in [6, 6.07) is 7.39. The van der Waals surface area contributed by atoms with Crippen LogP contribution in [0.3, 0.4) is 0 Å². The molecule has 5 heteroatoms. The van der Waals surface area contributed by atoms with Gasteiger partial charge in [0.05, 0.1) is 0 Å². The summed E-state index contributed by atoms with van der Waals surface area (Å²) in [7, 11) is 0. The highest BCUT2D eigenvalue weighted by atomic mass is 35.5. The first-order valence-corrected chi connectivity index (χ1v) is 5.57. The van der Waals surface area contributed by atoms with Crippen LogP contribution in [0, 0.1) is 0 Å². The second-order valence-electron chi connectivity index (χ2n) is 3.74. The average molecular weight is 248 g/mol. The molecule has 0 aromatic carbocycles. The Hall–Kier alpha value is -1.78. The largest absolute Gasteiger partial charge is 0.443 e. The van der Waals surface area contributed by atoms with Gasteiger partial charge in [-0.05, 0) is 35.4 Å². The van der Waals surface area contributed by atoms with E-state index >= 15 is 0 Å². The van der Waals surface area contributed by atoms with Crippen LogP contribution in [0.25, 0.3) is 17.1 Å². The maximum absolute atomic E-state index is 5.74. The van der Waals surface area contributed by atoms with E-state index in [0.29, 0.717) is 17.5 Å². The van der Waals surface area contributed by atoms with Gasteiger partial charge in [0.15, 0.2) is 11.0 Å². The van der Waals surface area contributed by atoms with E-state index in [-0.39, 0.29) is 0 Å². The minimum atomic E-state index is 0.361. The van der Waals surface area contributed by atoms with Crippen LogP contribution in [-0.2, 0) is 6.54 Å². The normalized spacial score (nSPS) is 11.2. The molecular weight excluding hydrogens is 238 g/mol. The molecule has 3 heterocycles. The minimum Gasteiger partial charge on any atom is -0.443 e. The number of hydrogen-bond donors (Lipinski definition) is 1. The van der Waals surface area contributed by atoms with Crippen molar-refractivity contribution in [2.45, 2.75) is 6.54 Å². The molecule has 0 saturated heterocycles. The topological polar surface area (TPSA) is 56.5 Å². The lowest BCUT2D eigenvalue weighted by atomic mass is 10.3. The van der Waals surface area contributed by atoms with Gasteiger partial charge in [0.25, 0.3) is 0 Å². The molecule has 0 radical (unpaired) electrons. The lowest BCUT2D eigenvalue weighted by Gasteiger charge is -1.96. The molecule has 17 heavy (non-hydrogen) atoms. The first kappa shape index (κ1) is 10.4. The number of fused-ring (bicyclic) bond motifs is 1.